The van der Waals surface area contributed by atoms with Crippen LogP contribution in [0.3, 0.4) is 0 Å². The molecule has 1 aromatic rings. The van der Waals surface area contributed by atoms with Crippen molar-refractivity contribution in [2.24, 2.45) is 0 Å². The number of nitrogens with one attached hydrogen (secondary N) is 1. The summed E-state index contributed by atoms with van der Waals surface area (Å²) in [6.45, 7) is 7.60. The number of ether oxygens (including phenoxy) is 1. The molecule has 0 aromatic carbocycles. The van der Waals surface area contributed by atoms with Gasteiger partial charge in [0.25, 0.3) is 0 Å². The molecule has 2 heterocycles. The lowest BCUT2D eigenvalue weighted by Crippen LogP contribution is -2.46. The molecule has 6 nitrogen and oxygen atoms in total. The van der Waals surface area contributed by atoms with Crippen molar-refractivity contribution in [1.29, 1.82) is 0 Å². The van der Waals surface area contributed by atoms with E-state index in [1.165, 1.54) is 0 Å². The zero-order valence-corrected chi connectivity index (χ0v) is 11.3. The first-order valence-corrected chi connectivity index (χ1v) is 6.68. The first-order valence-electron chi connectivity index (χ1n) is 6.68. The fraction of sp³-hybridized carbons (Fsp3) is 0.833. The Kier molecular flexibility index (Phi) is 5.10. The number of aromatic nitrogens is 3. The number of aryl methyl sites for hydroxylation is 1. The fourth-order valence-electron chi connectivity index (χ4n) is 2.28. The first-order chi connectivity index (χ1) is 8.83. The van der Waals surface area contributed by atoms with Gasteiger partial charge in [0.2, 0.25) is 0 Å². The van der Waals surface area contributed by atoms with E-state index < -0.39 is 0 Å². The van der Waals surface area contributed by atoms with Crippen molar-refractivity contribution in [1.82, 2.24) is 25.0 Å². The Labute approximate surface area is 108 Å². The molecule has 1 aliphatic heterocycles. The quantitative estimate of drug-likeness (QED) is 0.780. The monoisotopic (exact) mass is 253 g/mol. The average molecular weight is 253 g/mol. The molecule has 1 unspecified atom stereocenters. The molecule has 0 aliphatic carbocycles. The van der Waals surface area contributed by atoms with Crippen molar-refractivity contribution in [2.45, 2.75) is 32.5 Å². The van der Waals surface area contributed by atoms with Crippen molar-refractivity contribution < 1.29 is 4.74 Å². The molecule has 0 saturated carbocycles. The highest BCUT2D eigenvalue weighted by atomic mass is 16.5. The smallest absolute Gasteiger partial charge is 0.141 e. The van der Waals surface area contributed by atoms with Crippen LogP contribution in [0.4, 0.5) is 0 Å². The van der Waals surface area contributed by atoms with Crippen LogP contribution in [-0.4, -0.2) is 59.1 Å². The second kappa shape index (κ2) is 6.82. The van der Waals surface area contributed by atoms with E-state index in [0.717, 1.165) is 51.6 Å². The summed E-state index contributed by atoms with van der Waals surface area (Å²) in [5.74, 6) is 1.06. The van der Waals surface area contributed by atoms with Crippen LogP contribution in [-0.2, 0) is 17.8 Å². The van der Waals surface area contributed by atoms with Gasteiger partial charge in [0.05, 0.1) is 19.3 Å². The van der Waals surface area contributed by atoms with Gasteiger partial charge in [-0.2, -0.15) is 5.10 Å². The van der Waals surface area contributed by atoms with Crippen LogP contribution in [0.25, 0.3) is 0 Å². The summed E-state index contributed by atoms with van der Waals surface area (Å²) in [5, 5.41) is 7.43. The molecule has 6 heteroatoms. The van der Waals surface area contributed by atoms with Gasteiger partial charge >= 0.3 is 0 Å². The average Bonchev–Trinajstić information content (AvgIpc) is 2.78. The van der Waals surface area contributed by atoms with E-state index in [0.29, 0.717) is 0 Å². The van der Waals surface area contributed by atoms with Gasteiger partial charge in [-0.1, -0.05) is 6.92 Å². The molecule has 0 spiro atoms. The highest BCUT2D eigenvalue weighted by molar-refractivity contribution is 4.86. The standard InChI is InChI=1S/C12H23N5O/c1-3-4-17-12(14-10-15-17)9-16-5-6-18-11(8-16)7-13-2/h10-11,13H,3-9H2,1-2H3. The van der Waals surface area contributed by atoms with Crippen LogP contribution in [0.15, 0.2) is 6.33 Å². The fourth-order valence-corrected chi connectivity index (χ4v) is 2.28. The molecule has 102 valence electrons. The third-order valence-corrected chi connectivity index (χ3v) is 3.15. The maximum Gasteiger partial charge on any atom is 0.141 e. The number of hydrogen-bond donors (Lipinski definition) is 1. The summed E-state index contributed by atoms with van der Waals surface area (Å²) in [4.78, 5) is 6.74. The second-order valence-corrected chi connectivity index (χ2v) is 4.69. The van der Waals surface area contributed by atoms with Crippen LogP contribution in [0.2, 0.25) is 0 Å². The number of likely N-dealkylation sites (N-methyl/N-ethyl adjacent to an activating group) is 1. The summed E-state index contributed by atoms with van der Waals surface area (Å²) < 4.78 is 7.70. The number of nitrogens with zero attached hydrogens (tertiary/aromatic N) is 4. The largest absolute Gasteiger partial charge is 0.374 e. The van der Waals surface area contributed by atoms with Gasteiger partial charge < -0.3 is 10.1 Å². The Morgan fingerprint density at radius 1 is 1.56 bits per heavy atom. The normalized spacial score (nSPS) is 21.3. The Hall–Kier alpha value is -0.980. The lowest BCUT2D eigenvalue weighted by atomic mass is 10.2. The van der Waals surface area contributed by atoms with Crippen LogP contribution in [0, 0.1) is 0 Å². The maximum atomic E-state index is 5.70. The van der Waals surface area contributed by atoms with Crippen molar-refractivity contribution in [3.05, 3.63) is 12.2 Å². The molecule has 1 atom stereocenters. The summed E-state index contributed by atoms with van der Waals surface area (Å²) >= 11 is 0. The van der Waals surface area contributed by atoms with E-state index in [9.17, 15) is 0 Å². The number of morpholine rings is 1. The van der Waals surface area contributed by atoms with E-state index in [2.05, 4.69) is 27.2 Å². The molecule has 18 heavy (non-hydrogen) atoms. The van der Waals surface area contributed by atoms with Crippen LogP contribution < -0.4 is 5.32 Å². The SMILES string of the molecule is CCCn1ncnc1CN1CCOC(CNC)C1. The molecule has 0 bridgehead atoms. The molecule has 2 rings (SSSR count). The lowest BCUT2D eigenvalue weighted by Gasteiger charge is -2.32. The minimum Gasteiger partial charge on any atom is -0.374 e. The molecule has 0 amide bonds. The molecular weight excluding hydrogens is 230 g/mol. The van der Waals surface area contributed by atoms with Crippen molar-refractivity contribution in [3.63, 3.8) is 0 Å². The van der Waals surface area contributed by atoms with Gasteiger partial charge in [-0.15, -0.1) is 0 Å². The van der Waals surface area contributed by atoms with Gasteiger partial charge in [-0.05, 0) is 13.5 Å². The van der Waals surface area contributed by atoms with Crippen molar-refractivity contribution in [2.75, 3.05) is 33.3 Å². The predicted octanol–water partition coefficient (Wildman–Crippen LogP) is 0.108. The third kappa shape index (κ3) is 3.51. The van der Waals surface area contributed by atoms with Crippen LogP contribution in [0.5, 0.6) is 0 Å². The summed E-state index contributed by atoms with van der Waals surface area (Å²) in [7, 11) is 1.96. The van der Waals surface area contributed by atoms with E-state index in [1.807, 2.05) is 11.7 Å². The number of rotatable bonds is 6. The van der Waals surface area contributed by atoms with E-state index in [1.54, 1.807) is 6.33 Å². The summed E-state index contributed by atoms with van der Waals surface area (Å²) in [6.07, 6.45) is 3.02. The maximum absolute atomic E-state index is 5.70. The molecule has 1 saturated heterocycles. The molecule has 0 radical (unpaired) electrons. The summed E-state index contributed by atoms with van der Waals surface area (Å²) in [5.41, 5.74) is 0. The van der Waals surface area contributed by atoms with E-state index in [4.69, 9.17) is 4.74 Å². The minimum absolute atomic E-state index is 0.284. The number of hydrogen-bond acceptors (Lipinski definition) is 5. The van der Waals surface area contributed by atoms with E-state index >= 15 is 0 Å². The van der Waals surface area contributed by atoms with Gasteiger partial charge in [0.1, 0.15) is 12.2 Å². The minimum atomic E-state index is 0.284. The third-order valence-electron chi connectivity index (χ3n) is 3.15. The molecule has 1 aromatic heterocycles. The van der Waals surface area contributed by atoms with Crippen molar-refractivity contribution in [3.8, 4) is 0 Å². The highest BCUT2D eigenvalue weighted by Gasteiger charge is 2.21. The Morgan fingerprint density at radius 3 is 3.22 bits per heavy atom. The summed E-state index contributed by atoms with van der Waals surface area (Å²) in [6, 6.07) is 0. The molecule has 1 aliphatic rings. The molecule has 1 N–H and O–H groups in total. The van der Waals surface area contributed by atoms with Crippen LogP contribution >= 0.6 is 0 Å². The van der Waals surface area contributed by atoms with E-state index in [-0.39, 0.29) is 6.10 Å². The predicted molar refractivity (Wildman–Crippen MR) is 69.3 cm³/mol. The lowest BCUT2D eigenvalue weighted by molar-refractivity contribution is -0.0302. The van der Waals surface area contributed by atoms with Crippen LogP contribution in [0.1, 0.15) is 19.2 Å². The zero-order chi connectivity index (χ0) is 12.8. The molecular formula is C12H23N5O. The van der Waals surface area contributed by atoms with Gasteiger partial charge in [-0.25, -0.2) is 9.67 Å². The van der Waals surface area contributed by atoms with Crippen molar-refractivity contribution >= 4 is 0 Å². The van der Waals surface area contributed by atoms with Gasteiger partial charge in [0, 0.05) is 26.2 Å². The van der Waals surface area contributed by atoms with Gasteiger partial charge in [0.15, 0.2) is 0 Å². The second-order valence-electron chi connectivity index (χ2n) is 4.69. The molecule has 1 fully saturated rings. The highest BCUT2D eigenvalue weighted by Crippen LogP contribution is 2.08. The Balaban J connectivity index is 1.89. The Morgan fingerprint density at radius 2 is 2.44 bits per heavy atom. The zero-order valence-electron chi connectivity index (χ0n) is 11.3. The van der Waals surface area contributed by atoms with Gasteiger partial charge in [-0.3, -0.25) is 4.90 Å². The Bertz CT molecular complexity index is 352. The topological polar surface area (TPSA) is 55.2 Å². The first kappa shape index (κ1) is 13.5.